The van der Waals surface area contributed by atoms with Gasteiger partial charge in [0.1, 0.15) is 5.82 Å². The van der Waals surface area contributed by atoms with Crippen molar-refractivity contribution >= 4 is 11.6 Å². The van der Waals surface area contributed by atoms with E-state index in [1.165, 1.54) is 11.0 Å². The third-order valence-corrected chi connectivity index (χ3v) is 3.63. The van der Waals surface area contributed by atoms with Crippen LogP contribution in [-0.2, 0) is 21.7 Å². The Morgan fingerprint density at radius 3 is 2.38 bits per heavy atom. The minimum absolute atomic E-state index is 0. The van der Waals surface area contributed by atoms with Crippen molar-refractivity contribution in [2.45, 2.75) is 32.6 Å². The fourth-order valence-corrected chi connectivity index (χ4v) is 2.41. The Balaban J connectivity index is 0.00000288. The molecule has 0 bridgehead atoms. The van der Waals surface area contributed by atoms with E-state index in [-0.39, 0.29) is 33.3 Å². The van der Waals surface area contributed by atoms with Crippen LogP contribution in [0.3, 0.4) is 0 Å². The van der Waals surface area contributed by atoms with Crippen LogP contribution >= 0.6 is 0 Å². The summed E-state index contributed by atoms with van der Waals surface area (Å²) < 4.78 is 27.2. The van der Waals surface area contributed by atoms with Crippen molar-refractivity contribution in [2.24, 2.45) is 0 Å². The van der Waals surface area contributed by atoms with Crippen LogP contribution in [0.25, 0.3) is 0 Å². The molecule has 0 aliphatic heterocycles. The van der Waals surface area contributed by atoms with E-state index in [1.807, 2.05) is 12.1 Å². The number of hydrogen-bond acceptors (Lipinski definition) is 1. The first-order chi connectivity index (χ1) is 11.1. The van der Waals surface area contributed by atoms with E-state index in [9.17, 15) is 13.6 Å². The standard InChI is InChI=1S/C19H20F2NO.Ti/c1-2-3-4-8-13-22(18-12-11-16(20)14-17(18)21)19(23)15-9-6-5-7-10-15;/h5-7,9-12H,2-4,8,13H2,1H3;. The molecule has 2 aromatic carbocycles. The molecule has 0 atom stereocenters. The maximum atomic E-state index is 14.1. The molecular formula is C19H20F2NOTi. The Kier molecular flexibility index (Phi) is 8.87. The van der Waals surface area contributed by atoms with Crippen molar-refractivity contribution in [1.82, 2.24) is 0 Å². The van der Waals surface area contributed by atoms with Gasteiger partial charge in [0.2, 0.25) is 0 Å². The average molecular weight is 364 g/mol. The molecule has 5 heteroatoms. The van der Waals surface area contributed by atoms with Crippen LogP contribution in [0.1, 0.15) is 43.0 Å². The van der Waals surface area contributed by atoms with Crippen molar-refractivity contribution in [3.8, 4) is 0 Å². The zero-order valence-electron chi connectivity index (χ0n) is 13.7. The molecule has 0 aliphatic carbocycles. The second kappa shape index (κ2) is 10.4. The van der Waals surface area contributed by atoms with Crippen LogP contribution in [-0.4, -0.2) is 12.5 Å². The van der Waals surface area contributed by atoms with E-state index in [0.29, 0.717) is 12.1 Å². The number of anilines is 1. The number of nitrogens with zero attached hydrogens (tertiary/aromatic N) is 1. The van der Waals surface area contributed by atoms with Crippen molar-refractivity contribution in [3.05, 3.63) is 65.7 Å². The van der Waals surface area contributed by atoms with E-state index in [0.717, 1.165) is 31.7 Å². The first-order valence-corrected chi connectivity index (χ1v) is 7.87. The van der Waals surface area contributed by atoms with Gasteiger partial charge in [0.25, 0.3) is 5.91 Å². The second-order valence-corrected chi connectivity index (χ2v) is 5.39. The first-order valence-electron chi connectivity index (χ1n) is 7.87. The number of carbonyl (C=O) groups is 1. The average Bonchev–Trinajstić information content (AvgIpc) is 2.56. The summed E-state index contributed by atoms with van der Waals surface area (Å²) in [5.74, 6) is -1.91. The topological polar surface area (TPSA) is 20.3 Å². The van der Waals surface area contributed by atoms with E-state index in [1.54, 1.807) is 24.3 Å². The predicted octanol–water partition coefficient (Wildman–Crippen LogP) is 4.99. The molecule has 0 N–H and O–H groups in total. The molecule has 0 heterocycles. The summed E-state index contributed by atoms with van der Waals surface area (Å²) in [4.78, 5) is 14.1. The van der Waals surface area contributed by atoms with Gasteiger partial charge in [-0.3, -0.25) is 4.79 Å². The van der Waals surface area contributed by atoms with Gasteiger partial charge in [0, 0.05) is 33.8 Å². The summed E-state index contributed by atoms with van der Waals surface area (Å²) in [6.45, 7) is 2.49. The number of halogens is 2. The van der Waals surface area contributed by atoms with Crippen molar-refractivity contribution in [3.63, 3.8) is 0 Å². The molecule has 0 aliphatic rings. The molecule has 1 amide bonds. The molecule has 0 saturated heterocycles. The van der Waals surface area contributed by atoms with Gasteiger partial charge in [-0.1, -0.05) is 44.4 Å². The minimum atomic E-state index is -0.843. The van der Waals surface area contributed by atoms with Gasteiger partial charge >= 0.3 is 0 Å². The maximum absolute atomic E-state index is 14.1. The molecule has 0 saturated carbocycles. The monoisotopic (exact) mass is 364 g/mol. The van der Waals surface area contributed by atoms with Gasteiger partial charge in [-0.25, -0.2) is 8.78 Å². The van der Waals surface area contributed by atoms with Gasteiger partial charge in [-0.05, 0) is 30.7 Å². The number of rotatable bonds is 7. The summed E-state index contributed by atoms with van der Waals surface area (Å²) in [6, 6.07) is 13.1. The third-order valence-electron chi connectivity index (χ3n) is 3.63. The number of benzene rings is 2. The molecule has 0 unspecified atom stereocenters. The van der Waals surface area contributed by atoms with Crippen LogP contribution < -0.4 is 4.90 Å². The first kappa shape index (κ1) is 20.5. The number of hydrogen-bond donors (Lipinski definition) is 0. The van der Waals surface area contributed by atoms with Crippen molar-refractivity contribution in [1.29, 1.82) is 0 Å². The fraction of sp³-hybridized carbons (Fsp3) is 0.316. The molecule has 0 aromatic heterocycles. The van der Waals surface area contributed by atoms with Gasteiger partial charge in [-0.15, -0.1) is 0 Å². The van der Waals surface area contributed by atoms with Gasteiger partial charge < -0.3 is 4.90 Å². The number of carbonyl (C=O) groups excluding carboxylic acids is 1. The van der Waals surface area contributed by atoms with Gasteiger partial charge in [-0.2, -0.15) is 0 Å². The summed E-state index contributed by atoms with van der Waals surface area (Å²) in [7, 11) is 0. The van der Waals surface area contributed by atoms with Crippen LogP contribution in [0.5, 0.6) is 0 Å². The molecule has 125 valence electrons. The molecule has 0 spiro atoms. The maximum Gasteiger partial charge on any atom is 0.258 e. The van der Waals surface area contributed by atoms with Crippen LogP contribution in [0, 0.1) is 17.7 Å². The smallest absolute Gasteiger partial charge is 0.258 e. The molecular weight excluding hydrogens is 344 g/mol. The third kappa shape index (κ3) is 5.53. The van der Waals surface area contributed by atoms with Crippen molar-refractivity contribution in [2.75, 3.05) is 11.4 Å². The van der Waals surface area contributed by atoms with Crippen LogP contribution in [0.4, 0.5) is 14.5 Å². The summed E-state index contributed by atoms with van der Waals surface area (Å²) >= 11 is 0. The van der Waals surface area contributed by atoms with Crippen molar-refractivity contribution < 1.29 is 35.3 Å². The Bertz CT molecular complexity index is 649. The molecule has 2 rings (SSSR count). The Morgan fingerprint density at radius 1 is 1.04 bits per heavy atom. The Morgan fingerprint density at radius 2 is 1.75 bits per heavy atom. The van der Waals surface area contributed by atoms with Crippen LogP contribution in [0.15, 0.2) is 42.5 Å². The normalized spacial score (nSPS) is 10.1. The summed E-state index contributed by atoms with van der Waals surface area (Å²) in [5.41, 5.74) is 0.545. The largest absolute Gasteiger partial charge is 0.306 e. The summed E-state index contributed by atoms with van der Waals surface area (Å²) in [6.07, 6.45) is 3.86. The number of unbranched alkanes of at least 4 members (excludes halogenated alkanes) is 3. The quantitative estimate of drug-likeness (QED) is 0.501. The molecule has 1 radical (unpaired) electrons. The number of amides is 1. The van der Waals surface area contributed by atoms with Crippen LogP contribution in [0.2, 0.25) is 0 Å². The SMILES string of the molecule is CCCCCCN(C(=O)c1ccccc1)c1ccc(F)[c]c1F.[Ti]. The second-order valence-electron chi connectivity index (χ2n) is 5.39. The Labute approximate surface area is 156 Å². The van der Waals surface area contributed by atoms with E-state index >= 15 is 0 Å². The molecule has 24 heavy (non-hydrogen) atoms. The van der Waals surface area contributed by atoms with E-state index in [2.05, 4.69) is 6.92 Å². The van der Waals surface area contributed by atoms with E-state index < -0.39 is 11.6 Å². The van der Waals surface area contributed by atoms with Gasteiger partial charge in [0.15, 0.2) is 5.82 Å². The van der Waals surface area contributed by atoms with E-state index in [4.69, 9.17) is 0 Å². The van der Waals surface area contributed by atoms with Gasteiger partial charge in [0.05, 0.1) is 11.8 Å². The molecule has 2 aromatic rings. The Hall–Kier alpha value is -1.52. The molecule has 2 nitrogen and oxygen atoms in total. The molecule has 0 fully saturated rings. The fourth-order valence-electron chi connectivity index (χ4n) is 2.41. The minimum Gasteiger partial charge on any atom is -0.306 e. The zero-order chi connectivity index (χ0) is 16.7. The zero-order valence-corrected chi connectivity index (χ0v) is 15.2. The predicted molar refractivity (Wildman–Crippen MR) is 87.5 cm³/mol. The summed E-state index contributed by atoms with van der Waals surface area (Å²) in [5, 5.41) is 0.